The third kappa shape index (κ3) is 7.29. The molecular weight excluding hydrogens is 504 g/mol. The zero-order valence-electron chi connectivity index (χ0n) is 21.3. The normalized spacial score (nSPS) is 16.8. The van der Waals surface area contributed by atoms with Crippen molar-refractivity contribution in [3.05, 3.63) is 60.2 Å². The molecule has 1 aromatic heterocycles. The number of likely N-dealkylation sites (tertiary alicyclic amines) is 1. The van der Waals surface area contributed by atoms with Gasteiger partial charge in [0.1, 0.15) is 6.04 Å². The number of hydrogen-bond donors (Lipinski definition) is 3. The van der Waals surface area contributed by atoms with Crippen molar-refractivity contribution in [3.63, 3.8) is 0 Å². The Morgan fingerprint density at radius 3 is 2.63 bits per heavy atom. The van der Waals surface area contributed by atoms with Gasteiger partial charge in [0.25, 0.3) is 0 Å². The number of nitrogens with two attached hydrogens (primary N) is 1. The van der Waals surface area contributed by atoms with E-state index in [0.29, 0.717) is 32.2 Å². The number of aliphatic carboxylic acids is 1. The van der Waals surface area contributed by atoms with Crippen molar-refractivity contribution in [2.45, 2.75) is 63.1 Å². The molecule has 10 heteroatoms. The monoisotopic (exact) mass is 538 g/mol. The van der Waals surface area contributed by atoms with Gasteiger partial charge in [0, 0.05) is 13.1 Å². The van der Waals surface area contributed by atoms with Crippen LogP contribution in [0.25, 0.3) is 10.2 Å². The Bertz CT molecular complexity index is 1200. The summed E-state index contributed by atoms with van der Waals surface area (Å²) in [5.41, 5.74) is 8.13. The number of rotatable bonds is 13. The molecule has 3 aromatic rings. The molecular formula is C28H34N4O5S. The number of amides is 1. The number of carboxylic acids is 1. The Morgan fingerprint density at radius 1 is 1.11 bits per heavy atom. The number of esters is 1. The predicted molar refractivity (Wildman–Crippen MR) is 147 cm³/mol. The van der Waals surface area contributed by atoms with Gasteiger partial charge in [0.05, 0.1) is 16.3 Å². The first-order chi connectivity index (χ1) is 18.4. The summed E-state index contributed by atoms with van der Waals surface area (Å²) in [7, 11) is 0. The highest BCUT2D eigenvalue weighted by molar-refractivity contribution is 7.22. The molecule has 0 saturated carbocycles. The Balaban J connectivity index is 1.21. The minimum absolute atomic E-state index is 0.163. The first-order valence-corrected chi connectivity index (χ1v) is 13.9. The van der Waals surface area contributed by atoms with E-state index in [1.165, 1.54) is 4.90 Å². The standard InChI is InChI=1S/C28H34N4O5S/c29-20(11-6-7-17-30-28-31-21-12-4-5-14-24(21)38-28)25(33)32-18-8-13-22(32)27(36)37-23(26(34)35)16-15-19-9-2-1-3-10-19/h1-5,9-10,12,14,20,22-23H,6-8,11,13,15-18,29H2,(H,30,31)(H,34,35)/t20-,22-,23-/m0/s1. The molecule has 0 unspecified atom stereocenters. The molecule has 4 rings (SSSR count). The van der Waals surface area contributed by atoms with Gasteiger partial charge in [0.15, 0.2) is 11.2 Å². The number of benzene rings is 2. The molecule has 0 bridgehead atoms. The topological polar surface area (TPSA) is 135 Å². The van der Waals surface area contributed by atoms with Gasteiger partial charge in [-0.2, -0.15) is 0 Å². The van der Waals surface area contributed by atoms with E-state index in [1.54, 1.807) is 11.3 Å². The molecule has 0 spiro atoms. The average molecular weight is 539 g/mol. The van der Waals surface area contributed by atoms with Gasteiger partial charge in [-0.1, -0.05) is 53.8 Å². The summed E-state index contributed by atoms with van der Waals surface area (Å²) in [5.74, 6) is -2.16. The second-order valence-electron chi connectivity index (χ2n) is 9.49. The van der Waals surface area contributed by atoms with E-state index < -0.39 is 30.1 Å². The van der Waals surface area contributed by atoms with E-state index in [1.807, 2.05) is 54.6 Å². The summed E-state index contributed by atoms with van der Waals surface area (Å²) in [6.45, 7) is 1.13. The highest BCUT2D eigenvalue weighted by Gasteiger charge is 2.38. The molecule has 0 aliphatic carbocycles. The summed E-state index contributed by atoms with van der Waals surface area (Å²) in [4.78, 5) is 43.6. The third-order valence-electron chi connectivity index (χ3n) is 6.71. The largest absolute Gasteiger partial charge is 0.479 e. The van der Waals surface area contributed by atoms with Crippen LogP contribution in [0.3, 0.4) is 0 Å². The lowest BCUT2D eigenvalue weighted by atomic mass is 10.1. The molecule has 1 saturated heterocycles. The minimum atomic E-state index is -1.27. The lowest BCUT2D eigenvalue weighted by Gasteiger charge is -2.27. The molecule has 1 aliphatic rings. The SMILES string of the molecule is N[C@@H](CCCCNc1nc2ccccc2s1)C(=O)N1CCC[C@H]1C(=O)O[C@@H](CCc1ccccc1)C(=O)O. The second kappa shape index (κ2) is 13.3. The summed E-state index contributed by atoms with van der Waals surface area (Å²) in [6, 6.07) is 15.9. The molecule has 2 aromatic carbocycles. The van der Waals surface area contributed by atoms with Crippen LogP contribution in [0.15, 0.2) is 54.6 Å². The number of fused-ring (bicyclic) bond motifs is 1. The van der Waals surface area contributed by atoms with Gasteiger partial charge < -0.3 is 25.8 Å². The zero-order chi connectivity index (χ0) is 26.9. The maximum absolute atomic E-state index is 13.0. The van der Waals surface area contributed by atoms with E-state index in [-0.39, 0.29) is 12.3 Å². The lowest BCUT2D eigenvalue weighted by Crippen LogP contribution is -2.49. The van der Waals surface area contributed by atoms with E-state index in [2.05, 4.69) is 10.3 Å². The molecule has 1 amide bonds. The second-order valence-corrected chi connectivity index (χ2v) is 10.5. The van der Waals surface area contributed by atoms with Crippen LogP contribution in [0, 0.1) is 0 Å². The van der Waals surface area contributed by atoms with E-state index in [0.717, 1.165) is 40.3 Å². The van der Waals surface area contributed by atoms with Crippen molar-refractivity contribution in [1.82, 2.24) is 9.88 Å². The number of aromatic nitrogens is 1. The highest BCUT2D eigenvalue weighted by atomic mass is 32.1. The van der Waals surface area contributed by atoms with Crippen LogP contribution in [-0.2, 0) is 25.5 Å². The van der Waals surface area contributed by atoms with Crippen LogP contribution in [0.5, 0.6) is 0 Å². The Kier molecular flexibility index (Phi) is 9.67. The third-order valence-corrected chi connectivity index (χ3v) is 7.70. The van der Waals surface area contributed by atoms with Gasteiger partial charge in [-0.05, 0) is 62.6 Å². The number of carbonyl (C=O) groups excluding carboxylic acids is 2. The molecule has 1 aliphatic heterocycles. The molecule has 0 radical (unpaired) electrons. The van der Waals surface area contributed by atoms with Crippen molar-refractivity contribution in [2.75, 3.05) is 18.4 Å². The van der Waals surface area contributed by atoms with Crippen LogP contribution in [-0.4, -0.2) is 64.1 Å². The molecule has 4 N–H and O–H groups in total. The zero-order valence-corrected chi connectivity index (χ0v) is 22.1. The summed E-state index contributed by atoms with van der Waals surface area (Å²) in [6.07, 6.45) is 2.51. The Labute approximate surface area is 226 Å². The lowest BCUT2D eigenvalue weighted by molar-refractivity contribution is -0.168. The first-order valence-electron chi connectivity index (χ1n) is 13.0. The number of hydrogen-bond acceptors (Lipinski definition) is 8. The van der Waals surface area contributed by atoms with Gasteiger partial charge >= 0.3 is 11.9 Å². The molecule has 9 nitrogen and oxygen atoms in total. The number of ether oxygens (including phenoxy) is 1. The maximum atomic E-state index is 13.0. The summed E-state index contributed by atoms with van der Waals surface area (Å²) >= 11 is 1.61. The fourth-order valence-electron chi connectivity index (χ4n) is 4.64. The van der Waals surface area contributed by atoms with Crippen LogP contribution >= 0.6 is 11.3 Å². The summed E-state index contributed by atoms with van der Waals surface area (Å²) < 4.78 is 6.50. The van der Waals surface area contributed by atoms with E-state index in [9.17, 15) is 19.5 Å². The van der Waals surface area contributed by atoms with E-state index >= 15 is 0 Å². The fourth-order valence-corrected chi connectivity index (χ4v) is 5.53. The smallest absolute Gasteiger partial charge is 0.345 e. The molecule has 1 fully saturated rings. The van der Waals surface area contributed by atoms with Crippen molar-refractivity contribution in [2.24, 2.45) is 5.73 Å². The number of unbranched alkanes of at least 4 members (excludes halogenated alkanes) is 1. The molecule has 2 heterocycles. The van der Waals surface area contributed by atoms with Crippen molar-refractivity contribution in [3.8, 4) is 0 Å². The molecule has 3 atom stereocenters. The average Bonchev–Trinajstić information content (AvgIpc) is 3.58. The maximum Gasteiger partial charge on any atom is 0.345 e. The number of nitrogens with zero attached hydrogens (tertiary/aromatic N) is 2. The number of aryl methyl sites for hydroxylation is 1. The first kappa shape index (κ1) is 27.5. The van der Waals surface area contributed by atoms with Crippen LogP contribution in [0.1, 0.15) is 44.1 Å². The van der Waals surface area contributed by atoms with Gasteiger partial charge in [-0.3, -0.25) is 4.79 Å². The van der Waals surface area contributed by atoms with Crippen LogP contribution in [0.2, 0.25) is 0 Å². The van der Waals surface area contributed by atoms with Crippen molar-refractivity contribution in [1.29, 1.82) is 0 Å². The number of para-hydroxylation sites is 1. The Morgan fingerprint density at radius 2 is 1.87 bits per heavy atom. The fraction of sp³-hybridized carbons (Fsp3) is 0.429. The number of carboxylic acid groups (broad SMARTS) is 1. The number of thiazole rings is 1. The molecule has 38 heavy (non-hydrogen) atoms. The van der Waals surface area contributed by atoms with Gasteiger partial charge in [0.2, 0.25) is 5.91 Å². The van der Waals surface area contributed by atoms with Gasteiger partial charge in [-0.15, -0.1) is 0 Å². The highest BCUT2D eigenvalue weighted by Crippen LogP contribution is 2.25. The molecule has 202 valence electrons. The quantitative estimate of drug-likeness (QED) is 0.221. The van der Waals surface area contributed by atoms with Crippen LogP contribution in [0.4, 0.5) is 5.13 Å². The number of anilines is 1. The van der Waals surface area contributed by atoms with E-state index in [4.69, 9.17) is 10.5 Å². The van der Waals surface area contributed by atoms with Gasteiger partial charge in [-0.25, -0.2) is 14.6 Å². The number of nitrogens with one attached hydrogen (secondary N) is 1. The number of carbonyl (C=O) groups is 3. The van der Waals surface area contributed by atoms with Crippen LogP contribution < -0.4 is 11.1 Å². The van der Waals surface area contributed by atoms with Crippen molar-refractivity contribution >= 4 is 44.5 Å². The predicted octanol–water partition coefficient (Wildman–Crippen LogP) is 3.83. The van der Waals surface area contributed by atoms with Crippen molar-refractivity contribution < 1.29 is 24.2 Å². The Hall–Kier alpha value is -3.50. The summed E-state index contributed by atoms with van der Waals surface area (Å²) in [5, 5.41) is 13.8. The minimum Gasteiger partial charge on any atom is -0.479 e.